The normalized spacial score (nSPS) is 11.1. The lowest BCUT2D eigenvalue weighted by Crippen LogP contribution is -2.38. The van der Waals surface area contributed by atoms with Crippen molar-refractivity contribution in [3.05, 3.63) is 16.1 Å². The second-order valence-corrected chi connectivity index (χ2v) is 6.19. The second kappa shape index (κ2) is 12.7. The Hall–Kier alpha value is -0.0200. The molecule has 116 valence electrons. The second-order valence-electron chi connectivity index (χ2n) is 4.00. The fourth-order valence-electron chi connectivity index (χ4n) is 1.51. The molecule has 2 N–H and O–H groups in total. The topological polar surface area (TPSA) is 49.3 Å². The predicted octanol–water partition coefficient (Wildman–Crippen LogP) is 2.78. The van der Waals surface area contributed by atoms with Crippen molar-refractivity contribution in [1.29, 1.82) is 0 Å². The number of thioether (sulfide) groups is 1. The van der Waals surface area contributed by atoms with E-state index in [0.717, 1.165) is 44.2 Å². The first-order valence-electron chi connectivity index (χ1n) is 6.74. The molecule has 0 aliphatic carbocycles. The van der Waals surface area contributed by atoms with Crippen LogP contribution in [-0.4, -0.2) is 42.6 Å². The van der Waals surface area contributed by atoms with Gasteiger partial charge in [-0.1, -0.05) is 6.92 Å². The van der Waals surface area contributed by atoms with Gasteiger partial charge in [0.15, 0.2) is 5.96 Å². The van der Waals surface area contributed by atoms with Crippen molar-refractivity contribution in [2.75, 3.05) is 31.6 Å². The summed E-state index contributed by atoms with van der Waals surface area (Å²) in [4.78, 5) is 10.3. The summed E-state index contributed by atoms with van der Waals surface area (Å²) >= 11 is 3.62. The molecule has 0 radical (unpaired) electrons. The van der Waals surface area contributed by atoms with Gasteiger partial charge in [0.1, 0.15) is 0 Å². The quantitative estimate of drug-likeness (QED) is 0.289. The van der Waals surface area contributed by atoms with Crippen LogP contribution in [0.5, 0.6) is 0 Å². The number of aryl methyl sites for hydroxylation is 1. The zero-order valence-corrected chi connectivity index (χ0v) is 16.4. The Bertz CT molecular complexity index is 382. The summed E-state index contributed by atoms with van der Waals surface area (Å²) in [7, 11) is 0. The molecule has 0 saturated carbocycles. The molecule has 0 fully saturated rings. The van der Waals surface area contributed by atoms with Crippen LogP contribution in [0, 0.1) is 0 Å². The van der Waals surface area contributed by atoms with Crippen LogP contribution < -0.4 is 10.6 Å². The average Bonchev–Trinajstić information content (AvgIpc) is 2.87. The maximum atomic E-state index is 4.51. The first-order valence-corrected chi connectivity index (χ1v) is 8.95. The van der Waals surface area contributed by atoms with Crippen LogP contribution in [-0.2, 0) is 12.8 Å². The molecule has 0 aromatic carbocycles. The van der Waals surface area contributed by atoms with E-state index in [-0.39, 0.29) is 24.0 Å². The maximum Gasteiger partial charge on any atom is 0.191 e. The van der Waals surface area contributed by atoms with Crippen LogP contribution >= 0.6 is 47.1 Å². The van der Waals surface area contributed by atoms with E-state index in [9.17, 15) is 0 Å². The number of hydrogen-bond acceptors (Lipinski definition) is 4. The fourth-order valence-corrected chi connectivity index (χ4v) is 2.64. The largest absolute Gasteiger partial charge is 0.357 e. The van der Waals surface area contributed by atoms with Crippen LogP contribution in [0.2, 0.25) is 0 Å². The predicted molar refractivity (Wildman–Crippen MR) is 103 cm³/mol. The van der Waals surface area contributed by atoms with Gasteiger partial charge in [0, 0.05) is 36.3 Å². The molecule has 0 unspecified atom stereocenters. The summed E-state index contributed by atoms with van der Waals surface area (Å²) < 4.78 is 0. The number of hydrogen-bond donors (Lipinski definition) is 2. The molecule has 0 aliphatic heterocycles. The van der Waals surface area contributed by atoms with Crippen LogP contribution in [0.4, 0.5) is 0 Å². The minimum absolute atomic E-state index is 0. The number of rotatable bonds is 8. The zero-order chi connectivity index (χ0) is 13.9. The van der Waals surface area contributed by atoms with Crippen molar-refractivity contribution in [2.24, 2.45) is 4.99 Å². The Morgan fingerprint density at radius 3 is 2.80 bits per heavy atom. The lowest BCUT2D eigenvalue weighted by atomic mass is 10.4. The standard InChI is InChI=1S/C13H24N4S2.HI/c1-4-11-10-17-12(19-11)6-7-15-13(14-5-2)16-8-9-18-3;/h10H,4-9H2,1-3H3,(H2,14,15,16);1H. The molecular formula is C13H25IN4S2. The Morgan fingerprint density at radius 1 is 1.40 bits per heavy atom. The molecule has 20 heavy (non-hydrogen) atoms. The average molecular weight is 428 g/mol. The summed E-state index contributed by atoms with van der Waals surface area (Å²) in [6, 6.07) is 0. The highest BCUT2D eigenvalue weighted by molar-refractivity contribution is 14.0. The van der Waals surface area contributed by atoms with Crippen molar-refractivity contribution < 1.29 is 0 Å². The molecule has 1 heterocycles. The van der Waals surface area contributed by atoms with Gasteiger partial charge in [-0.05, 0) is 19.6 Å². The van der Waals surface area contributed by atoms with E-state index < -0.39 is 0 Å². The molecule has 0 atom stereocenters. The summed E-state index contributed by atoms with van der Waals surface area (Å²) in [6.45, 7) is 6.87. The van der Waals surface area contributed by atoms with Crippen molar-refractivity contribution in [1.82, 2.24) is 15.6 Å². The third-order valence-electron chi connectivity index (χ3n) is 2.49. The number of guanidine groups is 1. The van der Waals surface area contributed by atoms with E-state index in [1.54, 1.807) is 11.3 Å². The Kier molecular flexibility index (Phi) is 12.7. The molecule has 0 saturated heterocycles. The minimum Gasteiger partial charge on any atom is -0.357 e. The van der Waals surface area contributed by atoms with Crippen molar-refractivity contribution in [3.8, 4) is 0 Å². The van der Waals surface area contributed by atoms with E-state index in [0.29, 0.717) is 0 Å². The molecule has 0 aliphatic rings. The Labute approximate surface area is 147 Å². The first-order chi connectivity index (χ1) is 9.30. The number of aromatic nitrogens is 1. The van der Waals surface area contributed by atoms with Gasteiger partial charge in [0.2, 0.25) is 0 Å². The smallest absolute Gasteiger partial charge is 0.191 e. The third kappa shape index (κ3) is 8.31. The molecule has 7 heteroatoms. The van der Waals surface area contributed by atoms with E-state index in [1.165, 1.54) is 9.88 Å². The molecule has 0 amide bonds. The van der Waals surface area contributed by atoms with E-state index in [1.807, 2.05) is 18.0 Å². The van der Waals surface area contributed by atoms with Crippen molar-refractivity contribution >= 4 is 53.0 Å². The lowest BCUT2D eigenvalue weighted by Gasteiger charge is -2.10. The van der Waals surface area contributed by atoms with Gasteiger partial charge in [-0.25, -0.2) is 4.98 Å². The summed E-state index contributed by atoms with van der Waals surface area (Å²) in [5.74, 6) is 1.96. The molecule has 4 nitrogen and oxygen atoms in total. The number of thiazole rings is 1. The Balaban J connectivity index is 0.00000361. The van der Waals surface area contributed by atoms with Gasteiger partial charge in [-0.3, -0.25) is 4.99 Å². The number of halogens is 1. The monoisotopic (exact) mass is 428 g/mol. The van der Waals surface area contributed by atoms with Crippen LogP contribution in [0.15, 0.2) is 11.2 Å². The highest BCUT2D eigenvalue weighted by Crippen LogP contribution is 2.13. The van der Waals surface area contributed by atoms with E-state index in [4.69, 9.17) is 0 Å². The van der Waals surface area contributed by atoms with Crippen molar-refractivity contribution in [2.45, 2.75) is 26.7 Å². The number of aliphatic imine (C=N–C) groups is 1. The van der Waals surface area contributed by atoms with Gasteiger partial charge in [-0.15, -0.1) is 35.3 Å². The van der Waals surface area contributed by atoms with Crippen LogP contribution in [0.1, 0.15) is 23.7 Å². The fraction of sp³-hybridized carbons (Fsp3) is 0.692. The maximum absolute atomic E-state index is 4.51. The molecular weight excluding hydrogens is 403 g/mol. The Morgan fingerprint density at radius 2 is 2.20 bits per heavy atom. The SMILES string of the molecule is CCNC(=NCCSC)NCCc1ncc(CC)s1.I. The third-order valence-corrected chi connectivity index (χ3v) is 4.28. The molecule has 1 aromatic heterocycles. The van der Waals surface area contributed by atoms with Gasteiger partial charge in [-0.2, -0.15) is 11.8 Å². The number of nitrogens with one attached hydrogen (secondary N) is 2. The van der Waals surface area contributed by atoms with Crippen molar-refractivity contribution in [3.63, 3.8) is 0 Å². The molecule has 0 bridgehead atoms. The lowest BCUT2D eigenvalue weighted by molar-refractivity contribution is 0.800. The van der Waals surface area contributed by atoms with E-state index in [2.05, 4.69) is 40.7 Å². The molecule has 1 aromatic rings. The summed E-state index contributed by atoms with van der Waals surface area (Å²) in [6.07, 6.45) is 6.11. The molecule has 0 spiro atoms. The minimum atomic E-state index is 0. The highest BCUT2D eigenvalue weighted by Gasteiger charge is 2.01. The van der Waals surface area contributed by atoms with Gasteiger partial charge in [0.25, 0.3) is 0 Å². The van der Waals surface area contributed by atoms with Gasteiger partial charge < -0.3 is 10.6 Å². The van der Waals surface area contributed by atoms with Gasteiger partial charge in [0.05, 0.1) is 11.6 Å². The van der Waals surface area contributed by atoms with Crippen LogP contribution in [0.25, 0.3) is 0 Å². The summed E-state index contributed by atoms with van der Waals surface area (Å²) in [5.41, 5.74) is 0. The van der Waals surface area contributed by atoms with Crippen LogP contribution in [0.3, 0.4) is 0 Å². The highest BCUT2D eigenvalue weighted by atomic mass is 127. The first kappa shape index (κ1) is 20.0. The number of nitrogens with zero attached hydrogens (tertiary/aromatic N) is 2. The molecule has 1 rings (SSSR count). The van der Waals surface area contributed by atoms with Gasteiger partial charge >= 0.3 is 0 Å². The zero-order valence-electron chi connectivity index (χ0n) is 12.4. The van der Waals surface area contributed by atoms with E-state index >= 15 is 0 Å². The summed E-state index contributed by atoms with van der Waals surface area (Å²) in [5, 5.41) is 7.81.